The van der Waals surface area contributed by atoms with E-state index in [1.807, 2.05) is 0 Å². The summed E-state index contributed by atoms with van der Waals surface area (Å²) in [5.74, 6) is -2.76. The smallest absolute Gasteiger partial charge is 1.00 e. The molecule has 0 amide bonds. The molecule has 0 aromatic heterocycles. The van der Waals surface area contributed by atoms with E-state index in [9.17, 15) is 13.2 Å². The third kappa shape index (κ3) is 5.45. The van der Waals surface area contributed by atoms with E-state index in [2.05, 4.69) is 0 Å². The number of hydrogen-bond acceptors (Lipinski definition) is 1. The zero-order chi connectivity index (χ0) is 6.08. The number of hydrogen-bond donors (Lipinski definition) is 1. The van der Waals surface area contributed by atoms with Gasteiger partial charge in [-0.2, -0.15) is 13.2 Å². The number of rotatable bonds is 0. The number of carbonyl (C=O) groups is 1. The van der Waals surface area contributed by atoms with Crippen molar-refractivity contribution in [2.75, 3.05) is 0 Å². The van der Waals surface area contributed by atoms with Gasteiger partial charge in [0.05, 0.1) is 0 Å². The largest absolute Gasteiger partial charge is 1.00 e. The average molecular weight is 248 g/mol. The molecule has 0 aromatic carbocycles. The molecule has 0 aliphatic rings. The second-order valence-corrected chi connectivity index (χ2v) is 0.803. The molecule has 6 heteroatoms. The summed E-state index contributed by atoms with van der Waals surface area (Å²) in [4.78, 5) is 8.90. The Bertz CT molecular complexity index is 92.3. The van der Waals surface area contributed by atoms with Gasteiger partial charge in [-0.25, -0.2) is 4.79 Å². The average Bonchev–Trinajstić information content (AvgIpc) is 1.31. The van der Waals surface area contributed by atoms with Gasteiger partial charge in [0.15, 0.2) is 0 Å². The molecule has 0 rings (SSSR count). The van der Waals surface area contributed by atoms with Crippen molar-refractivity contribution in [3.05, 3.63) is 0 Å². The Balaban J connectivity index is -0.000000180. The zero-order valence-electron chi connectivity index (χ0n) is 4.99. The quantitative estimate of drug-likeness (QED) is 0.525. The minimum Gasteiger partial charge on any atom is -1.00 e. The Morgan fingerprint density at radius 3 is 1.62 bits per heavy atom. The maximum absolute atomic E-state index is 10.6. The fourth-order valence-electron chi connectivity index (χ4n) is 0. The molecule has 0 saturated carbocycles. The topological polar surface area (TPSA) is 37.3 Å². The van der Waals surface area contributed by atoms with E-state index in [1.54, 1.807) is 0 Å². The predicted molar refractivity (Wildman–Crippen MR) is 14.8 cm³/mol. The van der Waals surface area contributed by atoms with Crippen molar-refractivity contribution in [3.8, 4) is 0 Å². The Hall–Kier alpha value is 1.31. The molecule has 0 bridgehead atoms. The fraction of sp³-hybridized carbons (Fsp3) is 0.500. The standard InChI is InChI=1S/C2HF3O2.Cs.H/c3-2(4,5)1(6)7;;/h(H,6,7);;/q;+1;-1. The Morgan fingerprint density at radius 1 is 1.50 bits per heavy atom. The monoisotopic (exact) mass is 248 g/mol. The van der Waals surface area contributed by atoms with Crippen LogP contribution in [0.4, 0.5) is 13.2 Å². The normalized spacial score (nSPS) is 9.88. The summed E-state index contributed by atoms with van der Waals surface area (Å²) in [7, 11) is 0. The predicted octanol–water partition coefficient (Wildman–Crippen LogP) is -2.25. The molecule has 0 fully saturated rings. The molecule has 1 N–H and O–H groups in total. The molecule has 0 unspecified atom stereocenters. The molecule has 0 aliphatic carbocycles. The SMILES string of the molecule is O=C(O)C(F)(F)F.[Cs+].[H-]. The molecular formula is C2H2CsF3O2. The van der Waals surface area contributed by atoms with Crippen LogP contribution in [0, 0.1) is 0 Å². The third-order valence-corrected chi connectivity index (χ3v) is 0.243. The van der Waals surface area contributed by atoms with Crippen molar-refractivity contribution >= 4 is 5.97 Å². The first kappa shape index (κ1) is 12.0. The molecule has 0 saturated heterocycles. The summed E-state index contributed by atoms with van der Waals surface area (Å²) in [5.41, 5.74) is 0. The number of aliphatic carboxylic acids is 1. The Labute approximate surface area is 103 Å². The van der Waals surface area contributed by atoms with Gasteiger partial charge in [0.1, 0.15) is 0 Å². The minimum atomic E-state index is -5.08. The van der Waals surface area contributed by atoms with Crippen LogP contribution < -0.4 is 68.9 Å². The van der Waals surface area contributed by atoms with E-state index in [-0.39, 0.29) is 70.3 Å². The van der Waals surface area contributed by atoms with Gasteiger partial charge < -0.3 is 6.53 Å². The van der Waals surface area contributed by atoms with Gasteiger partial charge in [0.25, 0.3) is 0 Å². The molecule has 44 valence electrons. The molecule has 0 aromatic rings. The summed E-state index contributed by atoms with van der Waals surface area (Å²) in [6, 6.07) is 0. The van der Waals surface area contributed by atoms with E-state index in [0.29, 0.717) is 0 Å². The van der Waals surface area contributed by atoms with Crippen LogP contribution in [-0.4, -0.2) is 17.3 Å². The fourth-order valence-corrected chi connectivity index (χ4v) is 0. The second-order valence-electron chi connectivity index (χ2n) is 0.803. The molecule has 2 nitrogen and oxygen atoms in total. The number of halogens is 3. The molecule has 0 atom stereocenters. The maximum Gasteiger partial charge on any atom is 1.00 e. The van der Waals surface area contributed by atoms with Crippen LogP contribution >= 0.6 is 0 Å². The van der Waals surface area contributed by atoms with Crippen molar-refractivity contribution in [2.45, 2.75) is 6.18 Å². The van der Waals surface area contributed by atoms with Crippen LogP contribution in [0.3, 0.4) is 0 Å². The van der Waals surface area contributed by atoms with Crippen molar-refractivity contribution < 1.29 is 93.4 Å². The summed E-state index contributed by atoms with van der Waals surface area (Å²) in [6.07, 6.45) is -5.08. The molecule has 0 radical (unpaired) electrons. The first-order valence-corrected chi connectivity index (χ1v) is 1.24. The zero-order valence-corrected chi connectivity index (χ0v) is 10.3. The van der Waals surface area contributed by atoms with Gasteiger partial charge in [0.2, 0.25) is 0 Å². The van der Waals surface area contributed by atoms with Crippen LogP contribution in [0.5, 0.6) is 0 Å². The summed E-state index contributed by atoms with van der Waals surface area (Å²) in [5, 5.41) is 7.12. The van der Waals surface area contributed by atoms with Crippen LogP contribution in [-0.2, 0) is 4.79 Å². The molecule has 0 heterocycles. The Kier molecular flexibility index (Phi) is 6.29. The summed E-state index contributed by atoms with van der Waals surface area (Å²) < 4.78 is 31.7. The van der Waals surface area contributed by atoms with Gasteiger partial charge in [-0.1, -0.05) is 0 Å². The van der Waals surface area contributed by atoms with Gasteiger partial charge in [-0.15, -0.1) is 0 Å². The van der Waals surface area contributed by atoms with Crippen molar-refractivity contribution in [1.29, 1.82) is 0 Å². The molecular weight excluding hydrogens is 246 g/mol. The number of alkyl halides is 3. The van der Waals surface area contributed by atoms with E-state index in [1.165, 1.54) is 0 Å². The van der Waals surface area contributed by atoms with E-state index >= 15 is 0 Å². The van der Waals surface area contributed by atoms with Gasteiger partial charge in [-0.3, -0.25) is 0 Å². The molecule has 8 heavy (non-hydrogen) atoms. The van der Waals surface area contributed by atoms with Crippen molar-refractivity contribution in [3.63, 3.8) is 0 Å². The minimum absolute atomic E-state index is 0. The van der Waals surface area contributed by atoms with Crippen LogP contribution in [0.1, 0.15) is 1.43 Å². The molecule has 0 spiro atoms. The summed E-state index contributed by atoms with van der Waals surface area (Å²) in [6.45, 7) is 0. The second kappa shape index (κ2) is 4.18. The third-order valence-electron chi connectivity index (χ3n) is 0.243. The van der Waals surface area contributed by atoms with Gasteiger partial charge >= 0.3 is 81.0 Å². The van der Waals surface area contributed by atoms with E-state index in [0.717, 1.165) is 0 Å². The van der Waals surface area contributed by atoms with Crippen LogP contribution in [0.25, 0.3) is 0 Å². The van der Waals surface area contributed by atoms with Gasteiger partial charge in [-0.05, 0) is 0 Å². The van der Waals surface area contributed by atoms with E-state index < -0.39 is 12.1 Å². The first-order valence-electron chi connectivity index (χ1n) is 1.24. The summed E-state index contributed by atoms with van der Waals surface area (Å²) >= 11 is 0. The number of carboxylic acid groups (broad SMARTS) is 1. The van der Waals surface area contributed by atoms with Crippen molar-refractivity contribution in [2.24, 2.45) is 0 Å². The van der Waals surface area contributed by atoms with Crippen LogP contribution in [0.15, 0.2) is 0 Å². The molecule has 0 aliphatic heterocycles. The van der Waals surface area contributed by atoms with E-state index in [4.69, 9.17) is 9.90 Å². The number of carboxylic acids is 1. The van der Waals surface area contributed by atoms with Crippen LogP contribution in [0.2, 0.25) is 0 Å². The van der Waals surface area contributed by atoms with Crippen molar-refractivity contribution in [1.82, 2.24) is 0 Å². The van der Waals surface area contributed by atoms with Gasteiger partial charge in [0, 0.05) is 0 Å². The Morgan fingerprint density at radius 2 is 1.62 bits per heavy atom. The maximum atomic E-state index is 10.6. The first-order chi connectivity index (χ1) is 2.94.